The number of ketones is 1. The quantitative estimate of drug-likeness (QED) is 0.247. The molecule has 1 amide bonds. The molecule has 1 atom stereocenters. The monoisotopic (exact) mass is 402 g/mol. The number of esters is 1. The molecule has 0 heterocycles. The van der Waals surface area contributed by atoms with Crippen LogP contribution in [0.15, 0.2) is 47.4 Å². The van der Waals surface area contributed by atoms with E-state index in [1.165, 1.54) is 37.7 Å². The Hall–Kier alpha value is -3.20. The zero-order valence-electron chi connectivity index (χ0n) is 15.4. The Kier molecular flexibility index (Phi) is 6.89. The molecule has 146 valence electrons. The number of amides is 1. The fourth-order valence-corrected chi connectivity index (χ4v) is 2.82. The van der Waals surface area contributed by atoms with E-state index in [2.05, 4.69) is 5.32 Å². The maximum absolute atomic E-state index is 12.2. The van der Waals surface area contributed by atoms with Gasteiger partial charge in [-0.05, 0) is 56.5 Å². The molecule has 0 radical (unpaired) electrons. The predicted octanol–water partition coefficient (Wildman–Crippen LogP) is 3.70. The van der Waals surface area contributed by atoms with Gasteiger partial charge in [0, 0.05) is 17.3 Å². The third kappa shape index (κ3) is 5.17. The average molecular weight is 402 g/mol. The van der Waals surface area contributed by atoms with Gasteiger partial charge in [-0.15, -0.1) is 11.8 Å². The molecule has 9 heteroatoms. The van der Waals surface area contributed by atoms with E-state index < -0.39 is 22.9 Å². The molecule has 1 N–H and O–H groups in total. The first kappa shape index (κ1) is 21.1. The van der Waals surface area contributed by atoms with Crippen molar-refractivity contribution in [3.8, 4) is 0 Å². The molecule has 28 heavy (non-hydrogen) atoms. The summed E-state index contributed by atoms with van der Waals surface area (Å²) in [4.78, 5) is 46.7. The van der Waals surface area contributed by atoms with E-state index >= 15 is 0 Å². The number of anilines is 1. The van der Waals surface area contributed by atoms with Gasteiger partial charge in [0.15, 0.2) is 11.9 Å². The van der Waals surface area contributed by atoms with Crippen molar-refractivity contribution in [1.29, 1.82) is 0 Å². The summed E-state index contributed by atoms with van der Waals surface area (Å²) in [6, 6.07) is 10.3. The van der Waals surface area contributed by atoms with Gasteiger partial charge in [-0.2, -0.15) is 0 Å². The van der Waals surface area contributed by atoms with E-state index in [0.29, 0.717) is 16.1 Å². The summed E-state index contributed by atoms with van der Waals surface area (Å²) in [6.45, 7) is 2.83. The molecule has 0 aromatic heterocycles. The summed E-state index contributed by atoms with van der Waals surface area (Å²) in [5, 5.41) is 13.7. The summed E-state index contributed by atoms with van der Waals surface area (Å²) >= 11 is 1.19. The Labute approximate surface area is 165 Å². The minimum Gasteiger partial charge on any atom is -0.449 e. The SMILES string of the molecule is CSc1ccc(C(=O)O[C@@H](C)C(=O)Nc2ccc(C(C)=O)cc2)cc1[N+](=O)[O-]. The Morgan fingerprint density at radius 1 is 1.11 bits per heavy atom. The third-order valence-electron chi connectivity index (χ3n) is 3.82. The molecule has 2 aromatic carbocycles. The van der Waals surface area contributed by atoms with Crippen molar-refractivity contribution in [2.45, 2.75) is 24.8 Å². The van der Waals surface area contributed by atoms with Gasteiger partial charge in [0.1, 0.15) is 0 Å². The van der Waals surface area contributed by atoms with Gasteiger partial charge in [0.2, 0.25) is 0 Å². The highest BCUT2D eigenvalue weighted by molar-refractivity contribution is 7.98. The molecule has 2 aromatic rings. The van der Waals surface area contributed by atoms with Crippen LogP contribution in [0.5, 0.6) is 0 Å². The lowest BCUT2D eigenvalue weighted by Crippen LogP contribution is -2.30. The van der Waals surface area contributed by atoms with Crippen LogP contribution < -0.4 is 5.32 Å². The van der Waals surface area contributed by atoms with Crippen LogP contribution >= 0.6 is 11.8 Å². The van der Waals surface area contributed by atoms with Gasteiger partial charge < -0.3 is 10.1 Å². The summed E-state index contributed by atoms with van der Waals surface area (Å²) in [7, 11) is 0. The fraction of sp³-hybridized carbons (Fsp3) is 0.211. The maximum atomic E-state index is 12.2. The van der Waals surface area contributed by atoms with Gasteiger partial charge in [-0.25, -0.2) is 4.79 Å². The molecule has 0 aliphatic carbocycles. The smallest absolute Gasteiger partial charge is 0.339 e. The second-order valence-electron chi connectivity index (χ2n) is 5.81. The van der Waals surface area contributed by atoms with E-state index in [-0.39, 0.29) is 17.0 Å². The zero-order chi connectivity index (χ0) is 20.8. The largest absolute Gasteiger partial charge is 0.449 e. The summed E-state index contributed by atoms with van der Waals surface area (Å²) < 4.78 is 5.11. The molecule has 0 aliphatic rings. The van der Waals surface area contributed by atoms with E-state index in [9.17, 15) is 24.5 Å². The molecule has 0 aliphatic heterocycles. The van der Waals surface area contributed by atoms with E-state index in [1.807, 2.05) is 0 Å². The number of nitro groups is 1. The fourth-order valence-electron chi connectivity index (χ4n) is 2.27. The first-order valence-electron chi connectivity index (χ1n) is 8.18. The number of nitro benzene ring substituents is 1. The van der Waals surface area contributed by atoms with Crippen LogP contribution in [-0.2, 0) is 9.53 Å². The van der Waals surface area contributed by atoms with Crippen LogP contribution in [0.3, 0.4) is 0 Å². The van der Waals surface area contributed by atoms with E-state index in [4.69, 9.17) is 4.74 Å². The van der Waals surface area contributed by atoms with Crippen molar-refractivity contribution in [2.24, 2.45) is 0 Å². The highest BCUT2D eigenvalue weighted by Gasteiger charge is 2.22. The number of hydrogen-bond acceptors (Lipinski definition) is 7. The van der Waals surface area contributed by atoms with Gasteiger partial charge in [-0.3, -0.25) is 19.7 Å². The highest BCUT2D eigenvalue weighted by atomic mass is 32.2. The first-order valence-corrected chi connectivity index (χ1v) is 9.40. The third-order valence-corrected chi connectivity index (χ3v) is 4.61. The average Bonchev–Trinajstić information content (AvgIpc) is 2.67. The van der Waals surface area contributed by atoms with Crippen LogP contribution in [0.4, 0.5) is 11.4 Å². The number of benzene rings is 2. The number of Topliss-reactive ketones (excluding diaryl/α,β-unsaturated/α-hetero) is 1. The van der Waals surface area contributed by atoms with Crippen LogP contribution in [0.2, 0.25) is 0 Å². The van der Waals surface area contributed by atoms with Crippen molar-refractivity contribution in [3.05, 3.63) is 63.7 Å². The summed E-state index contributed by atoms with van der Waals surface area (Å²) in [5.74, 6) is -1.51. The van der Waals surface area contributed by atoms with Gasteiger partial charge in [0.25, 0.3) is 11.6 Å². The van der Waals surface area contributed by atoms with Crippen LogP contribution in [-0.4, -0.2) is 34.9 Å². The van der Waals surface area contributed by atoms with Gasteiger partial charge >= 0.3 is 5.97 Å². The Morgan fingerprint density at radius 2 is 1.71 bits per heavy atom. The van der Waals surface area contributed by atoms with Gasteiger partial charge in [0.05, 0.1) is 15.4 Å². The van der Waals surface area contributed by atoms with Crippen molar-refractivity contribution in [1.82, 2.24) is 0 Å². The van der Waals surface area contributed by atoms with Gasteiger partial charge in [-0.1, -0.05) is 0 Å². The number of thioether (sulfide) groups is 1. The van der Waals surface area contributed by atoms with Crippen LogP contribution in [0, 0.1) is 10.1 Å². The van der Waals surface area contributed by atoms with Crippen molar-refractivity contribution in [3.63, 3.8) is 0 Å². The molecule has 0 bridgehead atoms. The minimum absolute atomic E-state index is 0.0186. The lowest BCUT2D eigenvalue weighted by molar-refractivity contribution is -0.387. The molecule has 0 spiro atoms. The number of hydrogen-bond donors (Lipinski definition) is 1. The van der Waals surface area contributed by atoms with Crippen LogP contribution in [0.1, 0.15) is 34.6 Å². The molecule has 0 fully saturated rings. The summed E-state index contributed by atoms with van der Waals surface area (Å²) in [5.41, 5.74) is 0.727. The number of carbonyl (C=O) groups excluding carboxylic acids is 3. The Morgan fingerprint density at radius 3 is 2.25 bits per heavy atom. The molecule has 0 unspecified atom stereocenters. The molecular formula is C19H18N2O6S. The predicted molar refractivity (Wildman–Crippen MR) is 105 cm³/mol. The Balaban J connectivity index is 2.05. The Bertz CT molecular complexity index is 927. The lowest BCUT2D eigenvalue weighted by atomic mass is 10.1. The van der Waals surface area contributed by atoms with Crippen LogP contribution in [0.25, 0.3) is 0 Å². The number of nitrogens with zero attached hydrogens (tertiary/aromatic N) is 1. The lowest BCUT2D eigenvalue weighted by Gasteiger charge is -2.14. The summed E-state index contributed by atoms with van der Waals surface area (Å²) in [6.07, 6.45) is 0.564. The van der Waals surface area contributed by atoms with E-state index in [0.717, 1.165) is 6.07 Å². The van der Waals surface area contributed by atoms with E-state index in [1.54, 1.807) is 30.5 Å². The molecule has 0 saturated carbocycles. The minimum atomic E-state index is -1.13. The van der Waals surface area contributed by atoms with Crippen molar-refractivity contribution < 1.29 is 24.0 Å². The standard InChI is InChI=1S/C19H18N2O6S/c1-11(22)13-4-7-15(8-5-13)20-18(23)12(2)27-19(24)14-6-9-17(28-3)16(10-14)21(25)26/h4-10,12H,1-3H3,(H,20,23)/t12-/m0/s1. The number of nitrogens with one attached hydrogen (secondary N) is 1. The second-order valence-corrected chi connectivity index (χ2v) is 6.66. The number of ether oxygens (including phenoxy) is 1. The topological polar surface area (TPSA) is 116 Å². The van der Waals surface area contributed by atoms with Crippen molar-refractivity contribution >= 4 is 40.8 Å². The highest BCUT2D eigenvalue weighted by Crippen LogP contribution is 2.28. The first-order chi connectivity index (χ1) is 13.2. The molecule has 0 saturated heterocycles. The zero-order valence-corrected chi connectivity index (χ0v) is 16.2. The van der Waals surface area contributed by atoms with Crippen molar-refractivity contribution in [2.75, 3.05) is 11.6 Å². The molecular weight excluding hydrogens is 384 g/mol. The normalized spacial score (nSPS) is 11.4. The second kappa shape index (κ2) is 9.14. The number of rotatable bonds is 7. The number of carbonyl (C=O) groups is 3. The maximum Gasteiger partial charge on any atom is 0.339 e. The molecule has 2 rings (SSSR count). The molecule has 8 nitrogen and oxygen atoms in total.